The van der Waals surface area contributed by atoms with Crippen LogP contribution in [0.5, 0.6) is 17.2 Å². The summed E-state index contributed by atoms with van der Waals surface area (Å²) >= 11 is 2.75. The van der Waals surface area contributed by atoms with Gasteiger partial charge in [-0.25, -0.2) is 0 Å². The largest absolute Gasteiger partial charge is 0.508 e. The molecule has 0 fully saturated rings. The molecule has 33 heavy (non-hydrogen) atoms. The van der Waals surface area contributed by atoms with Crippen LogP contribution < -0.4 is 8.92 Å². The summed E-state index contributed by atoms with van der Waals surface area (Å²) in [6.07, 6.45) is 3.89. The van der Waals surface area contributed by atoms with Gasteiger partial charge in [-0.3, -0.25) is 4.79 Å². The van der Waals surface area contributed by atoms with Crippen molar-refractivity contribution in [2.45, 2.75) is 24.5 Å². The second kappa shape index (κ2) is 13.1. The zero-order valence-corrected chi connectivity index (χ0v) is 20.1. The molecule has 0 aliphatic rings. The highest BCUT2D eigenvalue weighted by Crippen LogP contribution is 2.21. The zero-order valence-electron chi connectivity index (χ0n) is 18.5. The molecular formula is C26H28O5S2. The van der Waals surface area contributed by atoms with Crippen molar-refractivity contribution >= 4 is 29.8 Å². The fourth-order valence-corrected chi connectivity index (χ4v) is 4.62. The van der Waals surface area contributed by atoms with Crippen molar-refractivity contribution in [2.75, 3.05) is 18.6 Å². The summed E-state index contributed by atoms with van der Waals surface area (Å²) < 4.78 is 11.1. The number of aliphatic carboxylic acids is 1. The molecule has 0 aliphatic heterocycles. The van der Waals surface area contributed by atoms with Gasteiger partial charge in [-0.1, -0.05) is 36.4 Å². The highest BCUT2D eigenvalue weighted by molar-refractivity contribution is 8.00. The summed E-state index contributed by atoms with van der Waals surface area (Å²) in [5.41, 5.74) is 3.24. The minimum Gasteiger partial charge on any atom is -0.508 e. The number of thioether (sulfide) groups is 1. The molecule has 0 aliphatic carbocycles. The number of aryl methyl sites for hydroxylation is 1. The smallest absolute Gasteiger partial charge is 0.316 e. The summed E-state index contributed by atoms with van der Waals surface area (Å²) in [6, 6.07) is 22.6. The summed E-state index contributed by atoms with van der Waals surface area (Å²) in [5.74, 6) is 1.75. The van der Waals surface area contributed by atoms with Gasteiger partial charge in [0, 0.05) is 12.7 Å². The Kier molecular flexibility index (Phi) is 9.84. The number of hydrogen-bond donors (Lipinski definition) is 2. The molecule has 0 radical (unpaired) electrons. The molecule has 5 nitrogen and oxygen atoms in total. The zero-order chi connectivity index (χ0) is 23.5. The van der Waals surface area contributed by atoms with Crippen molar-refractivity contribution in [3.8, 4) is 17.2 Å². The van der Waals surface area contributed by atoms with Crippen molar-refractivity contribution in [2.24, 2.45) is 0 Å². The number of aromatic hydroxyl groups is 1. The Hall–Kier alpha value is -2.77. The fraction of sp³-hybridized carbons (Fsp3) is 0.269. The lowest BCUT2D eigenvalue weighted by Crippen LogP contribution is -2.20. The second-order valence-corrected chi connectivity index (χ2v) is 9.27. The van der Waals surface area contributed by atoms with Crippen LogP contribution in [0.2, 0.25) is 0 Å². The van der Waals surface area contributed by atoms with Crippen LogP contribution in [0.25, 0.3) is 0 Å². The Morgan fingerprint density at radius 2 is 1.42 bits per heavy atom. The van der Waals surface area contributed by atoms with Gasteiger partial charge in [-0.2, -0.15) is 0 Å². The number of phenols is 1. The maximum atomic E-state index is 11.7. The number of phenolic OH excluding ortho intramolecular Hbond substituents is 1. The molecule has 0 unspecified atom stereocenters. The topological polar surface area (TPSA) is 76.0 Å². The van der Waals surface area contributed by atoms with Crippen molar-refractivity contribution in [3.63, 3.8) is 0 Å². The van der Waals surface area contributed by atoms with E-state index in [1.54, 1.807) is 12.1 Å². The summed E-state index contributed by atoms with van der Waals surface area (Å²) in [7, 11) is 0. The normalized spacial score (nSPS) is 11.7. The number of ether oxygens (including phenoxy) is 1. The molecule has 3 aromatic carbocycles. The van der Waals surface area contributed by atoms with Crippen LogP contribution >= 0.6 is 23.8 Å². The summed E-state index contributed by atoms with van der Waals surface area (Å²) in [6.45, 7) is 0.562. The lowest BCUT2D eigenvalue weighted by atomic mass is 10.1. The fourth-order valence-electron chi connectivity index (χ4n) is 3.23. The van der Waals surface area contributed by atoms with E-state index in [0.29, 0.717) is 18.8 Å². The van der Waals surface area contributed by atoms with Gasteiger partial charge in [-0.15, -0.1) is 11.8 Å². The Morgan fingerprint density at radius 3 is 2.06 bits per heavy atom. The number of carboxylic acid groups (broad SMARTS) is 1. The summed E-state index contributed by atoms with van der Waals surface area (Å²) in [4.78, 5) is 11.7. The van der Waals surface area contributed by atoms with Crippen LogP contribution in [0.3, 0.4) is 0 Å². The van der Waals surface area contributed by atoms with Crippen molar-refractivity contribution in [1.29, 1.82) is 0 Å². The van der Waals surface area contributed by atoms with Gasteiger partial charge in [0.05, 0.1) is 18.6 Å². The molecule has 0 saturated heterocycles. The van der Waals surface area contributed by atoms with Crippen LogP contribution in [0.4, 0.5) is 0 Å². The predicted octanol–water partition coefficient (Wildman–Crippen LogP) is 5.64. The quantitative estimate of drug-likeness (QED) is 0.304. The number of rotatable bonds is 13. The lowest BCUT2D eigenvalue weighted by molar-refractivity contribution is -0.136. The maximum absolute atomic E-state index is 11.7. The maximum Gasteiger partial charge on any atom is 0.316 e. The number of carbonyl (C=O) groups is 1. The van der Waals surface area contributed by atoms with Crippen LogP contribution in [0.1, 0.15) is 16.7 Å². The predicted molar refractivity (Wildman–Crippen MR) is 136 cm³/mol. The van der Waals surface area contributed by atoms with Crippen molar-refractivity contribution in [3.05, 3.63) is 89.5 Å². The molecule has 0 aromatic heterocycles. The Balaban J connectivity index is 1.43. The van der Waals surface area contributed by atoms with Crippen molar-refractivity contribution in [1.82, 2.24) is 0 Å². The van der Waals surface area contributed by atoms with Gasteiger partial charge in [-0.05, 0) is 71.7 Å². The van der Waals surface area contributed by atoms with E-state index < -0.39 is 11.2 Å². The number of carboxylic acids is 1. The van der Waals surface area contributed by atoms with Gasteiger partial charge in [0.25, 0.3) is 0 Å². The molecule has 3 aromatic rings. The molecule has 0 bridgehead atoms. The number of hydrogen-bond acceptors (Lipinski definition) is 6. The second-order valence-electron chi connectivity index (χ2n) is 7.45. The Morgan fingerprint density at radius 1 is 0.848 bits per heavy atom. The molecule has 1 atom stereocenters. The van der Waals surface area contributed by atoms with E-state index in [-0.39, 0.29) is 5.75 Å². The molecular weight excluding hydrogens is 456 g/mol. The summed E-state index contributed by atoms with van der Waals surface area (Å²) in [5, 5.41) is 18.5. The molecule has 174 valence electrons. The van der Waals surface area contributed by atoms with E-state index in [1.165, 1.54) is 23.8 Å². The van der Waals surface area contributed by atoms with Crippen LogP contribution in [-0.4, -0.2) is 40.0 Å². The standard InChI is InChI=1S/C26H28O5S2/c1-32-31-24-12-10-23(11-13-24)30-16-14-19-2-4-21(5-3-19)18-25(26(28)29)33-17-15-20-6-8-22(27)9-7-20/h2-13,25,27H,14-18H2,1H3,(H,28,29)/t25-/m0/s1. The molecule has 3 rings (SSSR count). The average Bonchev–Trinajstić information content (AvgIpc) is 2.82. The minimum atomic E-state index is -0.794. The first-order valence-corrected chi connectivity index (χ1v) is 12.9. The van der Waals surface area contributed by atoms with Gasteiger partial charge < -0.3 is 19.1 Å². The third-order valence-electron chi connectivity index (χ3n) is 5.03. The molecule has 2 N–H and O–H groups in total. The minimum absolute atomic E-state index is 0.236. The molecule has 0 heterocycles. The van der Waals surface area contributed by atoms with Crippen LogP contribution in [0, 0.1) is 0 Å². The van der Waals surface area contributed by atoms with Gasteiger partial charge >= 0.3 is 5.97 Å². The van der Waals surface area contributed by atoms with E-state index in [1.807, 2.05) is 66.9 Å². The van der Waals surface area contributed by atoms with Gasteiger partial charge in [0.1, 0.15) is 22.5 Å². The monoisotopic (exact) mass is 484 g/mol. The third-order valence-corrected chi connectivity index (χ3v) is 6.60. The van der Waals surface area contributed by atoms with E-state index in [2.05, 4.69) is 0 Å². The highest BCUT2D eigenvalue weighted by atomic mass is 32.2. The SMILES string of the molecule is CSOc1ccc(OCCc2ccc(C[C@H](SCCc3ccc(O)cc3)C(=O)O)cc2)cc1. The molecule has 7 heteroatoms. The molecule has 0 spiro atoms. The first-order chi connectivity index (χ1) is 16.0. The van der Waals surface area contributed by atoms with E-state index >= 15 is 0 Å². The Labute approximate surface area is 203 Å². The van der Waals surface area contributed by atoms with Crippen molar-refractivity contribution < 1.29 is 23.9 Å². The van der Waals surface area contributed by atoms with Gasteiger partial charge in [0.2, 0.25) is 0 Å². The van der Waals surface area contributed by atoms with E-state index in [0.717, 1.165) is 41.0 Å². The average molecular weight is 485 g/mol. The van der Waals surface area contributed by atoms with E-state index in [4.69, 9.17) is 8.92 Å². The first-order valence-electron chi connectivity index (χ1n) is 10.7. The van der Waals surface area contributed by atoms with Crippen LogP contribution in [-0.2, 0) is 24.1 Å². The molecule has 0 amide bonds. The Bertz CT molecular complexity index is 989. The lowest BCUT2D eigenvalue weighted by Gasteiger charge is -2.13. The molecule has 0 saturated carbocycles. The number of benzene rings is 3. The van der Waals surface area contributed by atoms with Gasteiger partial charge in [0.15, 0.2) is 0 Å². The third kappa shape index (κ3) is 8.59. The first kappa shape index (κ1) is 24.9. The highest BCUT2D eigenvalue weighted by Gasteiger charge is 2.18. The van der Waals surface area contributed by atoms with Crippen LogP contribution in [0.15, 0.2) is 72.8 Å². The van der Waals surface area contributed by atoms with E-state index in [9.17, 15) is 15.0 Å².